The Kier molecular flexibility index (Phi) is 6.22. The van der Waals surface area contributed by atoms with Crippen LogP contribution in [-0.2, 0) is 12.6 Å². The van der Waals surface area contributed by atoms with Crippen LogP contribution in [0.5, 0.6) is 0 Å². The number of carbonyl (C=O) groups is 1. The highest BCUT2D eigenvalue weighted by Crippen LogP contribution is 2.50. The summed E-state index contributed by atoms with van der Waals surface area (Å²) in [5.41, 5.74) is -3.78. The van der Waals surface area contributed by atoms with Crippen LogP contribution in [0.4, 0.5) is 17.6 Å². The lowest BCUT2D eigenvalue weighted by Gasteiger charge is -2.37. The number of aliphatic hydroxyl groups is 1. The Labute approximate surface area is 206 Å². The van der Waals surface area contributed by atoms with E-state index in [1.165, 1.54) is 37.4 Å². The summed E-state index contributed by atoms with van der Waals surface area (Å²) in [6.07, 6.45) is -5.14. The van der Waals surface area contributed by atoms with Gasteiger partial charge in [0.05, 0.1) is 11.1 Å². The molecule has 3 aromatic carbocycles. The highest BCUT2D eigenvalue weighted by atomic mass is 35.5. The summed E-state index contributed by atoms with van der Waals surface area (Å²) < 4.78 is 62.9. The number of aryl methyl sites for hydroxylation is 1. The van der Waals surface area contributed by atoms with E-state index in [9.17, 15) is 32.3 Å². The molecular formula is C25H18ClF4NO5. The number of aromatic nitrogens is 1. The molecule has 0 aliphatic heterocycles. The molecule has 0 unspecified atom stereocenters. The second kappa shape index (κ2) is 8.79. The van der Waals surface area contributed by atoms with Gasteiger partial charge in [-0.15, -0.1) is 0 Å². The molecule has 0 fully saturated rings. The summed E-state index contributed by atoms with van der Waals surface area (Å²) in [5, 5.41) is 20.1. The lowest BCUT2D eigenvalue weighted by molar-refractivity contribution is -0.274. The van der Waals surface area contributed by atoms with Crippen molar-refractivity contribution in [3.8, 4) is 11.1 Å². The molecule has 2 atom stereocenters. The third-order valence-electron chi connectivity index (χ3n) is 6.29. The molecule has 0 amide bonds. The predicted octanol–water partition coefficient (Wildman–Crippen LogP) is 5.84. The molecule has 4 aromatic rings. The number of carboxylic acids is 1. The van der Waals surface area contributed by atoms with E-state index in [4.69, 9.17) is 21.1 Å². The Morgan fingerprint density at radius 2 is 1.69 bits per heavy atom. The van der Waals surface area contributed by atoms with Crippen molar-refractivity contribution in [3.63, 3.8) is 0 Å². The molecule has 188 valence electrons. The maximum absolute atomic E-state index is 14.4. The van der Waals surface area contributed by atoms with Gasteiger partial charge in [0.1, 0.15) is 5.82 Å². The van der Waals surface area contributed by atoms with Gasteiger partial charge in [0.25, 0.3) is 0 Å². The SMILES string of the molecule is C[C@H](c1ccc(-c2ccc(F)c(C(=O)O)c2)cc1Cl)[C@@](O)(c1ccc2oc(=O)n(C)c2c1)C(F)(F)F. The smallest absolute Gasteiger partial charge is 0.422 e. The minimum Gasteiger partial charge on any atom is -0.478 e. The molecule has 2 N–H and O–H groups in total. The Morgan fingerprint density at radius 3 is 2.31 bits per heavy atom. The van der Waals surface area contributed by atoms with E-state index in [0.29, 0.717) is 5.56 Å². The van der Waals surface area contributed by atoms with E-state index in [-0.39, 0.29) is 27.2 Å². The van der Waals surface area contributed by atoms with Gasteiger partial charge in [-0.1, -0.05) is 42.8 Å². The molecule has 0 saturated heterocycles. The summed E-state index contributed by atoms with van der Waals surface area (Å²) >= 11 is 6.35. The normalized spacial score (nSPS) is 14.6. The van der Waals surface area contributed by atoms with Crippen molar-refractivity contribution < 1.29 is 37.0 Å². The summed E-state index contributed by atoms with van der Waals surface area (Å²) in [7, 11) is 1.33. The first-order chi connectivity index (χ1) is 16.8. The number of carboxylic acid groups (broad SMARTS) is 1. The molecule has 36 heavy (non-hydrogen) atoms. The number of benzene rings is 3. The average Bonchev–Trinajstić information content (AvgIpc) is 3.10. The second-order valence-corrected chi connectivity index (χ2v) is 8.74. The van der Waals surface area contributed by atoms with Crippen molar-refractivity contribution in [2.45, 2.75) is 24.6 Å². The maximum Gasteiger partial charge on any atom is 0.422 e. The molecule has 6 nitrogen and oxygen atoms in total. The van der Waals surface area contributed by atoms with E-state index in [2.05, 4.69) is 0 Å². The van der Waals surface area contributed by atoms with Crippen molar-refractivity contribution in [1.29, 1.82) is 0 Å². The largest absolute Gasteiger partial charge is 0.478 e. The molecule has 1 heterocycles. The molecule has 4 rings (SSSR count). The van der Waals surface area contributed by atoms with Crippen LogP contribution >= 0.6 is 11.6 Å². The van der Waals surface area contributed by atoms with Crippen molar-refractivity contribution in [2.24, 2.45) is 7.05 Å². The quantitative estimate of drug-likeness (QED) is 0.320. The standard InChI is InChI=1S/C25H18ClF4NO5/c1-12(16-6-3-14(10-18(16)26)13-4-7-19(27)17(9-13)22(32)33)24(35,25(28,29)30)15-5-8-21-20(11-15)31(2)23(34)36-21/h3-12,35H,1-2H3,(H,32,33)/t12-,24-/m1/s1. The number of alkyl halides is 3. The highest BCUT2D eigenvalue weighted by Gasteiger charge is 2.59. The van der Waals surface area contributed by atoms with Crippen LogP contribution in [0.15, 0.2) is 63.8 Å². The van der Waals surface area contributed by atoms with E-state index >= 15 is 0 Å². The predicted molar refractivity (Wildman–Crippen MR) is 124 cm³/mol. The van der Waals surface area contributed by atoms with Gasteiger partial charge in [-0.3, -0.25) is 4.57 Å². The summed E-state index contributed by atoms with van der Waals surface area (Å²) in [6.45, 7) is 1.16. The fourth-order valence-corrected chi connectivity index (χ4v) is 4.52. The van der Waals surface area contributed by atoms with Gasteiger partial charge < -0.3 is 14.6 Å². The summed E-state index contributed by atoms with van der Waals surface area (Å²) in [5.74, 6) is -4.79. The number of rotatable bonds is 5. The zero-order valence-corrected chi connectivity index (χ0v) is 19.5. The number of fused-ring (bicyclic) bond motifs is 1. The Morgan fingerprint density at radius 1 is 1.06 bits per heavy atom. The van der Waals surface area contributed by atoms with Crippen LogP contribution in [-0.4, -0.2) is 26.9 Å². The minimum absolute atomic E-state index is 0.0398. The number of halogens is 5. The van der Waals surface area contributed by atoms with E-state index < -0.39 is 46.4 Å². The topological polar surface area (TPSA) is 92.7 Å². The van der Waals surface area contributed by atoms with Gasteiger partial charge in [-0.2, -0.15) is 13.2 Å². The van der Waals surface area contributed by atoms with Gasteiger partial charge >= 0.3 is 17.9 Å². The zero-order valence-electron chi connectivity index (χ0n) is 18.7. The van der Waals surface area contributed by atoms with Crippen LogP contribution in [0.2, 0.25) is 5.02 Å². The van der Waals surface area contributed by atoms with E-state index in [1.54, 1.807) is 0 Å². The lowest BCUT2D eigenvalue weighted by Crippen LogP contribution is -2.46. The number of nitrogens with zero attached hydrogens (tertiary/aromatic N) is 1. The van der Waals surface area contributed by atoms with Crippen molar-refractivity contribution >= 4 is 28.7 Å². The molecule has 0 spiro atoms. The molecule has 0 aliphatic rings. The number of oxazole rings is 1. The second-order valence-electron chi connectivity index (χ2n) is 8.33. The maximum atomic E-state index is 14.4. The van der Waals surface area contributed by atoms with Crippen LogP contribution in [0.25, 0.3) is 22.2 Å². The third-order valence-corrected chi connectivity index (χ3v) is 6.61. The Balaban J connectivity index is 1.81. The average molecular weight is 524 g/mol. The Hall–Kier alpha value is -3.63. The van der Waals surface area contributed by atoms with E-state index in [1.807, 2.05) is 0 Å². The fourth-order valence-electron chi connectivity index (χ4n) is 4.17. The first-order valence-electron chi connectivity index (χ1n) is 10.5. The van der Waals surface area contributed by atoms with Gasteiger partial charge in [0.2, 0.25) is 0 Å². The molecule has 0 bridgehead atoms. The minimum atomic E-state index is -5.14. The molecular weight excluding hydrogens is 506 g/mol. The molecule has 1 aromatic heterocycles. The van der Waals surface area contributed by atoms with Crippen LogP contribution in [0.3, 0.4) is 0 Å². The zero-order chi connectivity index (χ0) is 26.6. The highest BCUT2D eigenvalue weighted by molar-refractivity contribution is 6.31. The van der Waals surface area contributed by atoms with Crippen LogP contribution < -0.4 is 5.76 Å². The monoisotopic (exact) mass is 523 g/mol. The summed E-state index contributed by atoms with van der Waals surface area (Å²) in [6, 6.07) is 10.6. The van der Waals surface area contributed by atoms with Crippen molar-refractivity contribution in [3.05, 3.63) is 92.7 Å². The van der Waals surface area contributed by atoms with Gasteiger partial charge in [-0.25, -0.2) is 14.0 Å². The molecule has 11 heteroatoms. The number of hydrogen-bond donors (Lipinski definition) is 2. The molecule has 0 saturated carbocycles. The lowest BCUT2D eigenvalue weighted by atomic mass is 9.77. The number of hydrogen-bond acceptors (Lipinski definition) is 4. The van der Waals surface area contributed by atoms with Crippen LogP contribution in [0, 0.1) is 5.82 Å². The molecule has 0 radical (unpaired) electrons. The number of aromatic carboxylic acids is 1. The van der Waals surface area contributed by atoms with Crippen molar-refractivity contribution in [2.75, 3.05) is 0 Å². The van der Waals surface area contributed by atoms with E-state index in [0.717, 1.165) is 35.8 Å². The Bertz CT molecular complexity index is 1560. The van der Waals surface area contributed by atoms with Crippen LogP contribution in [0.1, 0.15) is 34.3 Å². The van der Waals surface area contributed by atoms with Gasteiger partial charge in [0, 0.05) is 18.0 Å². The molecule has 0 aliphatic carbocycles. The fraction of sp³-hybridized carbons (Fsp3) is 0.200. The first-order valence-corrected chi connectivity index (χ1v) is 10.8. The first kappa shape index (κ1) is 25.5. The summed E-state index contributed by atoms with van der Waals surface area (Å²) in [4.78, 5) is 23.0. The third kappa shape index (κ3) is 4.06. The van der Waals surface area contributed by atoms with Crippen molar-refractivity contribution in [1.82, 2.24) is 4.57 Å². The van der Waals surface area contributed by atoms with Gasteiger partial charge in [0.15, 0.2) is 11.2 Å². The van der Waals surface area contributed by atoms with Gasteiger partial charge in [-0.05, 0) is 52.6 Å².